The van der Waals surface area contributed by atoms with E-state index in [1.807, 2.05) is 6.07 Å². The number of amides is 1. The number of esters is 1. The van der Waals surface area contributed by atoms with Crippen LogP contribution in [0.4, 0.5) is 5.00 Å². The van der Waals surface area contributed by atoms with E-state index >= 15 is 0 Å². The molecule has 0 saturated heterocycles. The molecular formula is C23H19N3O5S. The molecule has 162 valence electrons. The van der Waals surface area contributed by atoms with Crippen LogP contribution in [-0.2, 0) is 4.74 Å². The summed E-state index contributed by atoms with van der Waals surface area (Å²) in [6.45, 7) is 1.85. The Morgan fingerprint density at radius 2 is 1.91 bits per heavy atom. The summed E-state index contributed by atoms with van der Waals surface area (Å²) >= 11 is 1.14. The molecule has 2 aromatic heterocycles. The summed E-state index contributed by atoms with van der Waals surface area (Å²) in [5.74, 6) is -0.521. The second-order valence-electron chi connectivity index (χ2n) is 6.66. The molecule has 4 rings (SSSR count). The lowest BCUT2D eigenvalue weighted by atomic mass is 10.2. The molecule has 8 nitrogen and oxygen atoms in total. The number of carbonyl (C=O) groups excluding carboxylic acids is 2. The molecule has 0 aliphatic heterocycles. The quantitative estimate of drug-likeness (QED) is 0.449. The van der Waals surface area contributed by atoms with Crippen LogP contribution in [0.15, 0.2) is 64.8 Å². The minimum Gasteiger partial charge on any atom is -0.497 e. The number of aromatic nitrogens is 2. The number of benzene rings is 2. The molecule has 0 fully saturated rings. The van der Waals surface area contributed by atoms with E-state index in [9.17, 15) is 14.4 Å². The number of para-hydroxylation sites is 1. The molecule has 32 heavy (non-hydrogen) atoms. The molecule has 0 spiro atoms. The lowest BCUT2D eigenvalue weighted by Gasteiger charge is -2.10. The van der Waals surface area contributed by atoms with Gasteiger partial charge in [-0.15, -0.1) is 11.3 Å². The molecule has 1 amide bonds. The van der Waals surface area contributed by atoms with E-state index in [1.54, 1.807) is 60.8 Å². The maximum absolute atomic E-state index is 13.3. The van der Waals surface area contributed by atoms with Crippen molar-refractivity contribution >= 4 is 39.0 Å². The standard InChI is InChI=1S/C23H19N3O5S/c1-3-31-23(29)19-17-13-32-21(24-20(27)14-8-7-11-16(12-14)30-2)18(17)22(28)26(25-19)15-9-5-4-6-10-15/h4-13H,3H2,1-2H3,(H,24,27). The number of hydrogen-bond acceptors (Lipinski definition) is 7. The third-order valence-corrected chi connectivity index (χ3v) is 5.58. The minimum atomic E-state index is -0.648. The predicted molar refractivity (Wildman–Crippen MR) is 122 cm³/mol. The summed E-state index contributed by atoms with van der Waals surface area (Å²) in [5.41, 5.74) is 0.403. The van der Waals surface area contributed by atoms with Crippen molar-refractivity contribution in [1.29, 1.82) is 0 Å². The van der Waals surface area contributed by atoms with Crippen molar-refractivity contribution in [2.24, 2.45) is 0 Å². The Bertz CT molecular complexity index is 1360. The van der Waals surface area contributed by atoms with Gasteiger partial charge in [-0.3, -0.25) is 9.59 Å². The third kappa shape index (κ3) is 3.97. The first-order chi connectivity index (χ1) is 15.5. The Kier molecular flexibility index (Phi) is 6.00. The highest BCUT2D eigenvalue weighted by molar-refractivity contribution is 7.16. The molecule has 0 atom stereocenters. The fraction of sp³-hybridized carbons (Fsp3) is 0.130. The van der Waals surface area contributed by atoms with Gasteiger partial charge in [0.05, 0.1) is 24.8 Å². The molecule has 2 aromatic carbocycles. The number of methoxy groups -OCH3 is 1. The molecule has 0 aliphatic rings. The van der Waals surface area contributed by atoms with Gasteiger partial charge in [0.1, 0.15) is 10.8 Å². The minimum absolute atomic E-state index is 0.00318. The van der Waals surface area contributed by atoms with Crippen LogP contribution in [0.25, 0.3) is 16.5 Å². The second kappa shape index (κ2) is 9.03. The van der Waals surface area contributed by atoms with Crippen LogP contribution in [0.1, 0.15) is 27.8 Å². The topological polar surface area (TPSA) is 99.5 Å². The number of anilines is 1. The van der Waals surface area contributed by atoms with Gasteiger partial charge in [-0.1, -0.05) is 24.3 Å². The van der Waals surface area contributed by atoms with Crippen molar-refractivity contribution in [2.75, 3.05) is 19.0 Å². The van der Waals surface area contributed by atoms with Crippen LogP contribution in [0, 0.1) is 0 Å². The zero-order valence-electron chi connectivity index (χ0n) is 17.3. The van der Waals surface area contributed by atoms with E-state index < -0.39 is 17.4 Å². The van der Waals surface area contributed by atoms with Gasteiger partial charge in [0.15, 0.2) is 5.69 Å². The SMILES string of the molecule is CCOC(=O)c1nn(-c2ccccc2)c(=O)c2c(NC(=O)c3cccc(OC)c3)scc12. The molecule has 0 saturated carbocycles. The van der Waals surface area contributed by atoms with Crippen LogP contribution >= 0.6 is 11.3 Å². The van der Waals surface area contributed by atoms with Crippen molar-refractivity contribution < 1.29 is 19.1 Å². The summed E-state index contributed by atoms with van der Waals surface area (Å²) in [5, 5.41) is 9.50. The molecule has 1 N–H and O–H groups in total. The summed E-state index contributed by atoms with van der Waals surface area (Å²) in [7, 11) is 1.51. The van der Waals surface area contributed by atoms with Gasteiger partial charge in [0.2, 0.25) is 0 Å². The normalized spacial score (nSPS) is 10.7. The Labute approximate surface area is 187 Å². The number of thiophene rings is 1. The van der Waals surface area contributed by atoms with Gasteiger partial charge in [-0.25, -0.2) is 4.79 Å². The Balaban J connectivity index is 1.85. The summed E-state index contributed by atoms with van der Waals surface area (Å²) in [4.78, 5) is 38.8. The molecule has 0 radical (unpaired) electrons. The van der Waals surface area contributed by atoms with Crippen molar-refractivity contribution in [3.05, 3.63) is 81.6 Å². The van der Waals surface area contributed by atoms with E-state index in [1.165, 1.54) is 7.11 Å². The number of nitrogens with one attached hydrogen (secondary N) is 1. The Hall–Kier alpha value is -3.98. The summed E-state index contributed by atoms with van der Waals surface area (Å²) in [6, 6.07) is 15.4. The van der Waals surface area contributed by atoms with Gasteiger partial charge in [-0.2, -0.15) is 9.78 Å². The Morgan fingerprint density at radius 1 is 1.12 bits per heavy atom. The predicted octanol–water partition coefficient (Wildman–Crippen LogP) is 3.88. The molecule has 4 aromatic rings. The molecule has 2 heterocycles. The number of rotatable bonds is 6. The highest BCUT2D eigenvalue weighted by atomic mass is 32.1. The lowest BCUT2D eigenvalue weighted by molar-refractivity contribution is 0.0520. The maximum atomic E-state index is 13.3. The van der Waals surface area contributed by atoms with Crippen LogP contribution in [0.3, 0.4) is 0 Å². The highest BCUT2D eigenvalue weighted by Gasteiger charge is 2.23. The van der Waals surface area contributed by atoms with E-state index in [-0.39, 0.29) is 17.7 Å². The molecule has 9 heteroatoms. The summed E-state index contributed by atoms with van der Waals surface area (Å²) < 4.78 is 11.4. The first kappa shape index (κ1) is 21.3. The van der Waals surface area contributed by atoms with Gasteiger partial charge in [-0.05, 0) is 37.3 Å². The molecule has 0 bridgehead atoms. The zero-order chi connectivity index (χ0) is 22.7. The second-order valence-corrected chi connectivity index (χ2v) is 7.54. The van der Waals surface area contributed by atoms with Crippen LogP contribution < -0.4 is 15.6 Å². The number of ether oxygens (including phenoxy) is 2. The number of fused-ring (bicyclic) bond motifs is 1. The third-order valence-electron chi connectivity index (χ3n) is 4.68. The fourth-order valence-electron chi connectivity index (χ4n) is 3.18. The van der Waals surface area contributed by atoms with Crippen LogP contribution in [-0.4, -0.2) is 35.4 Å². The maximum Gasteiger partial charge on any atom is 0.359 e. The van der Waals surface area contributed by atoms with E-state index in [4.69, 9.17) is 9.47 Å². The van der Waals surface area contributed by atoms with Gasteiger partial charge in [0.25, 0.3) is 11.5 Å². The average molecular weight is 449 g/mol. The largest absolute Gasteiger partial charge is 0.497 e. The monoisotopic (exact) mass is 449 g/mol. The van der Waals surface area contributed by atoms with Gasteiger partial charge < -0.3 is 14.8 Å². The first-order valence-corrected chi connectivity index (χ1v) is 10.6. The summed E-state index contributed by atoms with van der Waals surface area (Å²) in [6.07, 6.45) is 0. The lowest BCUT2D eigenvalue weighted by Crippen LogP contribution is -2.25. The van der Waals surface area contributed by atoms with Crippen LogP contribution in [0.5, 0.6) is 5.75 Å². The van der Waals surface area contributed by atoms with Crippen LogP contribution in [0.2, 0.25) is 0 Å². The number of hydrogen-bond donors (Lipinski definition) is 1. The van der Waals surface area contributed by atoms with E-state index in [2.05, 4.69) is 10.4 Å². The first-order valence-electron chi connectivity index (χ1n) is 9.76. The zero-order valence-corrected chi connectivity index (χ0v) is 18.1. The number of carbonyl (C=O) groups is 2. The van der Waals surface area contributed by atoms with Crippen molar-refractivity contribution in [1.82, 2.24) is 9.78 Å². The molecule has 0 aliphatic carbocycles. The van der Waals surface area contributed by atoms with Gasteiger partial charge >= 0.3 is 5.97 Å². The van der Waals surface area contributed by atoms with E-state index in [0.29, 0.717) is 27.4 Å². The average Bonchev–Trinajstić information content (AvgIpc) is 3.24. The smallest absolute Gasteiger partial charge is 0.359 e. The Morgan fingerprint density at radius 3 is 2.62 bits per heavy atom. The molecule has 0 unspecified atom stereocenters. The van der Waals surface area contributed by atoms with Gasteiger partial charge in [0, 0.05) is 16.3 Å². The fourth-order valence-corrected chi connectivity index (χ4v) is 4.11. The highest BCUT2D eigenvalue weighted by Crippen LogP contribution is 2.31. The molecular weight excluding hydrogens is 430 g/mol. The van der Waals surface area contributed by atoms with E-state index in [0.717, 1.165) is 16.0 Å². The van der Waals surface area contributed by atoms with Crippen molar-refractivity contribution in [3.8, 4) is 11.4 Å². The van der Waals surface area contributed by atoms with Crippen molar-refractivity contribution in [2.45, 2.75) is 6.92 Å². The number of nitrogens with zero attached hydrogens (tertiary/aromatic N) is 2. The van der Waals surface area contributed by atoms with Crippen molar-refractivity contribution in [3.63, 3.8) is 0 Å².